The van der Waals surface area contributed by atoms with Crippen LogP contribution in [0.4, 0.5) is 0 Å². The van der Waals surface area contributed by atoms with Crippen LogP contribution in [0, 0.1) is 5.92 Å². The number of amides is 1. The van der Waals surface area contributed by atoms with Gasteiger partial charge in [0.05, 0.1) is 12.5 Å². The number of thioether (sulfide) groups is 1. The molecule has 138 valence electrons. The standard InChI is InChI=1S/C17H26N4O3S/c22-17(21-5-9-25-10-6-21)14-1-4-20(11-14)12-15-18-16(24-19-15)13-2-7-23-8-3-13/h13-14H,1-12H2. The SMILES string of the molecule is O=C(C1CCN(Cc2noc(C3CCOCC3)n2)C1)N1CCSCC1. The second kappa shape index (κ2) is 8.05. The van der Waals surface area contributed by atoms with Crippen molar-refractivity contribution in [3.63, 3.8) is 0 Å². The zero-order chi connectivity index (χ0) is 17.1. The van der Waals surface area contributed by atoms with Crippen LogP contribution >= 0.6 is 11.8 Å². The predicted octanol–water partition coefficient (Wildman–Crippen LogP) is 1.36. The highest BCUT2D eigenvalue weighted by Gasteiger charge is 2.32. The number of nitrogens with zero attached hydrogens (tertiary/aromatic N) is 4. The number of carbonyl (C=O) groups is 1. The summed E-state index contributed by atoms with van der Waals surface area (Å²) in [6.07, 6.45) is 2.85. The van der Waals surface area contributed by atoms with E-state index < -0.39 is 0 Å². The summed E-state index contributed by atoms with van der Waals surface area (Å²) in [6, 6.07) is 0. The molecule has 3 fully saturated rings. The number of aromatic nitrogens is 2. The minimum atomic E-state index is 0.130. The van der Waals surface area contributed by atoms with Gasteiger partial charge in [-0.15, -0.1) is 0 Å². The molecule has 3 aliphatic heterocycles. The average Bonchev–Trinajstić information content (AvgIpc) is 3.33. The van der Waals surface area contributed by atoms with Crippen molar-refractivity contribution in [2.24, 2.45) is 5.92 Å². The molecule has 4 rings (SSSR count). The summed E-state index contributed by atoms with van der Waals surface area (Å²) in [5.41, 5.74) is 0. The highest BCUT2D eigenvalue weighted by Crippen LogP contribution is 2.26. The first kappa shape index (κ1) is 17.3. The predicted molar refractivity (Wildman–Crippen MR) is 94.4 cm³/mol. The van der Waals surface area contributed by atoms with E-state index in [1.807, 2.05) is 16.7 Å². The largest absolute Gasteiger partial charge is 0.381 e. The lowest BCUT2D eigenvalue weighted by Gasteiger charge is -2.28. The molecule has 0 radical (unpaired) electrons. The Balaban J connectivity index is 1.29. The summed E-state index contributed by atoms with van der Waals surface area (Å²) in [4.78, 5) is 21.5. The fourth-order valence-corrected chi connectivity index (χ4v) is 4.76. The molecule has 4 heterocycles. The second-order valence-corrected chi connectivity index (χ2v) is 8.32. The molecule has 1 unspecified atom stereocenters. The van der Waals surface area contributed by atoms with Crippen LogP contribution < -0.4 is 0 Å². The van der Waals surface area contributed by atoms with E-state index in [0.717, 1.165) is 81.9 Å². The second-order valence-electron chi connectivity index (χ2n) is 7.09. The number of hydrogen-bond donors (Lipinski definition) is 0. The van der Waals surface area contributed by atoms with Crippen LogP contribution in [0.3, 0.4) is 0 Å². The molecule has 25 heavy (non-hydrogen) atoms. The van der Waals surface area contributed by atoms with Gasteiger partial charge in [0, 0.05) is 50.3 Å². The van der Waals surface area contributed by atoms with Crippen molar-refractivity contribution in [3.05, 3.63) is 11.7 Å². The van der Waals surface area contributed by atoms with Gasteiger partial charge in [-0.3, -0.25) is 9.69 Å². The van der Waals surface area contributed by atoms with Crippen molar-refractivity contribution in [3.8, 4) is 0 Å². The van der Waals surface area contributed by atoms with E-state index in [1.54, 1.807) is 0 Å². The number of hydrogen-bond acceptors (Lipinski definition) is 7. The third-order valence-electron chi connectivity index (χ3n) is 5.36. The van der Waals surface area contributed by atoms with Gasteiger partial charge < -0.3 is 14.2 Å². The molecule has 3 saturated heterocycles. The van der Waals surface area contributed by atoms with Gasteiger partial charge in [-0.05, 0) is 25.8 Å². The first-order chi connectivity index (χ1) is 12.3. The molecular formula is C17H26N4O3S. The van der Waals surface area contributed by atoms with Crippen LogP contribution in [-0.2, 0) is 16.1 Å². The summed E-state index contributed by atoms with van der Waals surface area (Å²) in [6.45, 7) is 5.76. The van der Waals surface area contributed by atoms with Crippen LogP contribution in [0.1, 0.15) is 36.9 Å². The van der Waals surface area contributed by atoms with E-state index in [0.29, 0.717) is 18.4 Å². The van der Waals surface area contributed by atoms with Crippen LogP contribution in [0.5, 0.6) is 0 Å². The topological polar surface area (TPSA) is 71.7 Å². The van der Waals surface area contributed by atoms with Crippen LogP contribution in [0.15, 0.2) is 4.52 Å². The van der Waals surface area contributed by atoms with E-state index in [9.17, 15) is 4.79 Å². The third-order valence-corrected chi connectivity index (χ3v) is 6.31. The molecule has 0 aromatic carbocycles. The molecular weight excluding hydrogens is 340 g/mol. The van der Waals surface area contributed by atoms with Gasteiger partial charge in [0.15, 0.2) is 5.82 Å². The number of ether oxygens (including phenoxy) is 1. The van der Waals surface area contributed by atoms with Crippen LogP contribution in [-0.4, -0.2) is 76.7 Å². The van der Waals surface area contributed by atoms with Crippen molar-refractivity contribution >= 4 is 17.7 Å². The summed E-state index contributed by atoms with van der Waals surface area (Å²) >= 11 is 1.94. The molecule has 8 heteroatoms. The number of likely N-dealkylation sites (tertiary alicyclic amines) is 1. The quantitative estimate of drug-likeness (QED) is 0.797. The maximum absolute atomic E-state index is 12.6. The Morgan fingerprint density at radius 3 is 2.76 bits per heavy atom. The van der Waals surface area contributed by atoms with Gasteiger partial charge in [0.25, 0.3) is 0 Å². The Hall–Kier alpha value is -1.12. The molecule has 0 saturated carbocycles. The Bertz CT molecular complexity index is 584. The molecule has 1 atom stereocenters. The lowest BCUT2D eigenvalue weighted by molar-refractivity contribution is -0.134. The highest BCUT2D eigenvalue weighted by molar-refractivity contribution is 7.99. The highest BCUT2D eigenvalue weighted by atomic mass is 32.2. The molecule has 3 aliphatic rings. The first-order valence-electron chi connectivity index (χ1n) is 9.28. The van der Waals surface area contributed by atoms with Gasteiger partial charge in [-0.1, -0.05) is 5.16 Å². The zero-order valence-corrected chi connectivity index (χ0v) is 15.4. The van der Waals surface area contributed by atoms with Gasteiger partial charge in [0.1, 0.15) is 0 Å². The van der Waals surface area contributed by atoms with E-state index in [2.05, 4.69) is 15.0 Å². The summed E-state index contributed by atoms with van der Waals surface area (Å²) in [5.74, 6) is 4.42. The molecule has 0 N–H and O–H groups in total. The molecule has 1 amide bonds. The summed E-state index contributed by atoms with van der Waals surface area (Å²) < 4.78 is 10.8. The van der Waals surface area contributed by atoms with Gasteiger partial charge in [-0.25, -0.2) is 0 Å². The van der Waals surface area contributed by atoms with Crippen LogP contribution in [0.25, 0.3) is 0 Å². The number of carbonyl (C=O) groups excluding carboxylic acids is 1. The van der Waals surface area contributed by atoms with Gasteiger partial charge >= 0.3 is 0 Å². The number of rotatable bonds is 4. The fraction of sp³-hybridized carbons (Fsp3) is 0.824. The summed E-state index contributed by atoms with van der Waals surface area (Å²) in [7, 11) is 0. The maximum atomic E-state index is 12.6. The van der Waals surface area contributed by atoms with E-state index in [4.69, 9.17) is 9.26 Å². The Morgan fingerprint density at radius 2 is 1.96 bits per heavy atom. The fourth-order valence-electron chi connectivity index (χ4n) is 3.86. The van der Waals surface area contributed by atoms with Crippen molar-refractivity contribution in [1.29, 1.82) is 0 Å². The monoisotopic (exact) mass is 366 g/mol. The molecule has 0 spiro atoms. The van der Waals surface area contributed by atoms with Crippen molar-refractivity contribution < 1.29 is 14.1 Å². The van der Waals surface area contributed by atoms with Crippen molar-refractivity contribution in [2.75, 3.05) is 50.9 Å². The van der Waals surface area contributed by atoms with Crippen molar-refractivity contribution in [1.82, 2.24) is 19.9 Å². The molecule has 1 aromatic heterocycles. The van der Waals surface area contributed by atoms with Crippen LogP contribution in [0.2, 0.25) is 0 Å². The lowest BCUT2D eigenvalue weighted by atomic mass is 10.0. The molecule has 7 nitrogen and oxygen atoms in total. The van der Waals surface area contributed by atoms with Gasteiger partial charge in [0.2, 0.25) is 11.8 Å². The van der Waals surface area contributed by atoms with Gasteiger partial charge in [-0.2, -0.15) is 16.7 Å². The molecule has 0 aliphatic carbocycles. The van der Waals surface area contributed by atoms with E-state index in [1.165, 1.54) is 0 Å². The van der Waals surface area contributed by atoms with E-state index in [-0.39, 0.29) is 5.92 Å². The Labute approximate surface area is 152 Å². The minimum absolute atomic E-state index is 0.130. The minimum Gasteiger partial charge on any atom is -0.381 e. The third kappa shape index (κ3) is 4.17. The average molecular weight is 366 g/mol. The Morgan fingerprint density at radius 1 is 1.16 bits per heavy atom. The smallest absolute Gasteiger partial charge is 0.229 e. The zero-order valence-electron chi connectivity index (χ0n) is 14.6. The van der Waals surface area contributed by atoms with E-state index >= 15 is 0 Å². The first-order valence-corrected chi connectivity index (χ1v) is 10.4. The Kier molecular flexibility index (Phi) is 5.57. The van der Waals surface area contributed by atoms with Crippen molar-refractivity contribution in [2.45, 2.75) is 31.7 Å². The lowest BCUT2D eigenvalue weighted by Crippen LogP contribution is -2.42. The maximum Gasteiger partial charge on any atom is 0.229 e. The normalized spacial score (nSPS) is 26.2. The summed E-state index contributed by atoms with van der Waals surface area (Å²) in [5, 5.41) is 4.15. The molecule has 0 bridgehead atoms. The molecule has 1 aromatic rings.